The van der Waals surface area contributed by atoms with E-state index in [0.29, 0.717) is 0 Å². The average Bonchev–Trinajstić information content (AvgIpc) is 2.99. The minimum absolute atomic E-state index is 0.0578. The first-order valence-electron chi connectivity index (χ1n) is 7.62. The number of benzene rings is 1. The molecule has 1 amide bonds. The number of nitrogens with one attached hydrogen (secondary N) is 2. The Morgan fingerprint density at radius 3 is 2.65 bits per heavy atom. The number of amides is 1. The van der Waals surface area contributed by atoms with Crippen LogP contribution in [0.25, 0.3) is 0 Å². The van der Waals surface area contributed by atoms with Crippen molar-refractivity contribution in [1.82, 2.24) is 10.6 Å². The zero-order valence-electron chi connectivity index (χ0n) is 12.8. The lowest BCUT2D eigenvalue weighted by Crippen LogP contribution is -2.49. The lowest BCUT2D eigenvalue weighted by molar-refractivity contribution is -0.125. The van der Waals surface area contributed by atoms with E-state index in [-0.39, 0.29) is 23.3 Å². The maximum Gasteiger partial charge on any atom is 0.224 e. The normalized spacial score (nSPS) is 20.6. The Kier molecular flexibility index (Phi) is 4.81. The molecule has 0 aliphatic carbocycles. The number of hydrogen-bond acceptors (Lipinski definition) is 2. The minimum atomic E-state index is -0.0578. The standard InChI is InChI=1S/C17H26N2O/c1-4-15(19-16(20)13-10-11-18-12-13)17(2,3)14-8-6-5-7-9-14/h5-9,13,15,18H,4,10-12H2,1-3H3,(H,19,20). The van der Waals surface area contributed by atoms with Crippen LogP contribution < -0.4 is 10.6 Å². The van der Waals surface area contributed by atoms with E-state index in [0.717, 1.165) is 25.9 Å². The smallest absolute Gasteiger partial charge is 0.224 e. The SMILES string of the molecule is CCC(NC(=O)C1CCNC1)C(C)(C)c1ccccc1. The predicted octanol–water partition coefficient (Wildman–Crippen LogP) is 2.47. The van der Waals surface area contributed by atoms with E-state index in [4.69, 9.17) is 0 Å². The van der Waals surface area contributed by atoms with Crippen LogP contribution in [0.4, 0.5) is 0 Å². The largest absolute Gasteiger partial charge is 0.352 e. The van der Waals surface area contributed by atoms with Crippen molar-refractivity contribution >= 4 is 5.91 Å². The van der Waals surface area contributed by atoms with Gasteiger partial charge in [0, 0.05) is 18.0 Å². The fourth-order valence-electron chi connectivity index (χ4n) is 3.03. The third-order valence-corrected chi connectivity index (χ3v) is 4.54. The number of carbonyl (C=O) groups excluding carboxylic acids is 1. The van der Waals surface area contributed by atoms with Gasteiger partial charge in [0.25, 0.3) is 0 Å². The molecular weight excluding hydrogens is 248 g/mol. The van der Waals surface area contributed by atoms with Crippen molar-refractivity contribution in [3.63, 3.8) is 0 Å². The second-order valence-electron chi connectivity index (χ2n) is 6.25. The molecule has 3 heteroatoms. The fourth-order valence-corrected chi connectivity index (χ4v) is 3.03. The van der Waals surface area contributed by atoms with E-state index >= 15 is 0 Å². The molecule has 1 saturated heterocycles. The van der Waals surface area contributed by atoms with Crippen LogP contribution in [-0.4, -0.2) is 25.0 Å². The van der Waals surface area contributed by atoms with Crippen LogP contribution in [0.1, 0.15) is 39.2 Å². The predicted molar refractivity (Wildman–Crippen MR) is 82.7 cm³/mol. The van der Waals surface area contributed by atoms with E-state index in [2.05, 4.69) is 55.7 Å². The van der Waals surface area contributed by atoms with Crippen LogP contribution >= 0.6 is 0 Å². The first kappa shape index (κ1) is 15.0. The van der Waals surface area contributed by atoms with Gasteiger partial charge in [-0.25, -0.2) is 0 Å². The molecule has 1 fully saturated rings. The Balaban J connectivity index is 2.08. The Morgan fingerprint density at radius 2 is 2.10 bits per heavy atom. The summed E-state index contributed by atoms with van der Waals surface area (Å²) in [6, 6.07) is 10.6. The summed E-state index contributed by atoms with van der Waals surface area (Å²) < 4.78 is 0. The lowest BCUT2D eigenvalue weighted by Gasteiger charge is -2.35. The molecule has 20 heavy (non-hydrogen) atoms. The molecule has 0 radical (unpaired) electrons. The average molecular weight is 274 g/mol. The first-order chi connectivity index (χ1) is 9.55. The maximum atomic E-state index is 12.3. The Bertz CT molecular complexity index is 436. The molecule has 110 valence electrons. The molecule has 0 bridgehead atoms. The molecule has 2 unspecified atom stereocenters. The summed E-state index contributed by atoms with van der Waals surface area (Å²) in [7, 11) is 0. The zero-order chi connectivity index (χ0) is 14.6. The van der Waals surface area contributed by atoms with Crippen molar-refractivity contribution in [1.29, 1.82) is 0 Å². The number of rotatable bonds is 5. The van der Waals surface area contributed by atoms with E-state index < -0.39 is 0 Å². The van der Waals surface area contributed by atoms with Crippen LogP contribution in [-0.2, 0) is 10.2 Å². The van der Waals surface area contributed by atoms with E-state index in [1.54, 1.807) is 0 Å². The van der Waals surface area contributed by atoms with Crippen LogP contribution in [0.5, 0.6) is 0 Å². The molecule has 0 aromatic heterocycles. The Hall–Kier alpha value is -1.35. The zero-order valence-corrected chi connectivity index (χ0v) is 12.8. The lowest BCUT2D eigenvalue weighted by atomic mass is 9.76. The monoisotopic (exact) mass is 274 g/mol. The molecule has 0 saturated carbocycles. The van der Waals surface area contributed by atoms with Gasteiger partial charge in [0.15, 0.2) is 0 Å². The summed E-state index contributed by atoms with van der Waals surface area (Å²) in [5.41, 5.74) is 1.22. The molecule has 0 spiro atoms. The fraction of sp³-hybridized carbons (Fsp3) is 0.588. The van der Waals surface area contributed by atoms with Crippen LogP contribution in [0.15, 0.2) is 30.3 Å². The summed E-state index contributed by atoms with van der Waals surface area (Å²) in [5.74, 6) is 0.335. The third-order valence-electron chi connectivity index (χ3n) is 4.54. The van der Waals surface area contributed by atoms with Crippen LogP contribution in [0.2, 0.25) is 0 Å². The van der Waals surface area contributed by atoms with Gasteiger partial charge in [0.2, 0.25) is 5.91 Å². The van der Waals surface area contributed by atoms with Gasteiger partial charge >= 0.3 is 0 Å². The highest BCUT2D eigenvalue weighted by atomic mass is 16.2. The molecule has 1 aromatic carbocycles. The number of carbonyl (C=O) groups is 1. The minimum Gasteiger partial charge on any atom is -0.352 e. The molecule has 2 N–H and O–H groups in total. The number of hydrogen-bond donors (Lipinski definition) is 2. The van der Waals surface area contributed by atoms with E-state index in [9.17, 15) is 4.79 Å². The van der Waals surface area contributed by atoms with Gasteiger partial charge in [-0.05, 0) is 24.9 Å². The summed E-state index contributed by atoms with van der Waals surface area (Å²) in [6.45, 7) is 8.33. The maximum absolute atomic E-state index is 12.3. The molecular formula is C17H26N2O. The van der Waals surface area contributed by atoms with Crippen molar-refractivity contribution in [2.45, 2.75) is 45.1 Å². The van der Waals surface area contributed by atoms with Gasteiger partial charge in [-0.3, -0.25) is 4.79 Å². The summed E-state index contributed by atoms with van der Waals surface area (Å²) >= 11 is 0. The van der Waals surface area contributed by atoms with Crippen LogP contribution in [0.3, 0.4) is 0 Å². The Labute approximate surface area is 122 Å². The molecule has 2 rings (SSSR count). The summed E-state index contributed by atoms with van der Waals surface area (Å²) in [6.07, 6.45) is 1.89. The van der Waals surface area contributed by atoms with Gasteiger partial charge in [-0.1, -0.05) is 51.1 Å². The van der Waals surface area contributed by atoms with Crippen molar-refractivity contribution < 1.29 is 4.79 Å². The van der Waals surface area contributed by atoms with Crippen molar-refractivity contribution in [2.24, 2.45) is 5.92 Å². The third kappa shape index (κ3) is 3.21. The van der Waals surface area contributed by atoms with Gasteiger partial charge in [0.1, 0.15) is 0 Å². The topological polar surface area (TPSA) is 41.1 Å². The molecule has 2 atom stereocenters. The van der Waals surface area contributed by atoms with Gasteiger partial charge < -0.3 is 10.6 Å². The van der Waals surface area contributed by atoms with E-state index in [1.165, 1.54) is 5.56 Å². The summed E-state index contributed by atoms with van der Waals surface area (Å²) in [4.78, 5) is 12.3. The highest BCUT2D eigenvalue weighted by Crippen LogP contribution is 2.29. The van der Waals surface area contributed by atoms with Gasteiger partial charge in [-0.2, -0.15) is 0 Å². The highest BCUT2D eigenvalue weighted by molar-refractivity contribution is 5.79. The van der Waals surface area contributed by atoms with Gasteiger partial charge in [-0.15, -0.1) is 0 Å². The van der Waals surface area contributed by atoms with Crippen molar-refractivity contribution in [3.8, 4) is 0 Å². The van der Waals surface area contributed by atoms with Crippen molar-refractivity contribution in [2.75, 3.05) is 13.1 Å². The summed E-state index contributed by atoms with van der Waals surface area (Å²) in [5, 5.41) is 6.52. The second-order valence-corrected chi connectivity index (χ2v) is 6.25. The molecule has 3 nitrogen and oxygen atoms in total. The van der Waals surface area contributed by atoms with Crippen molar-refractivity contribution in [3.05, 3.63) is 35.9 Å². The molecule has 1 aliphatic heterocycles. The molecule has 1 heterocycles. The van der Waals surface area contributed by atoms with Crippen LogP contribution in [0, 0.1) is 5.92 Å². The Morgan fingerprint density at radius 1 is 1.40 bits per heavy atom. The molecule has 1 aromatic rings. The van der Waals surface area contributed by atoms with E-state index in [1.807, 2.05) is 6.07 Å². The first-order valence-corrected chi connectivity index (χ1v) is 7.62. The quantitative estimate of drug-likeness (QED) is 0.866. The second kappa shape index (κ2) is 6.40. The molecule has 1 aliphatic rings. The van der Waals surface area contributed by atoms with Gasteiger partial charge in [0.05, 0.1) is 5.92 Å². The highest BCUT2D eigenvalue weighted by Gasteiger charge is 2.33.